The molecule has 2 saturated heterocycles. The number of carbonyl (C=O) groups is 3. The van der Waals surface area contributed by atoms with Gasteiger partial charge in [-0.1, -0.05) is 63.3 Å². The average Bonchev–Trinajstić information content (AvgIpc) is 3.53. The van der Waals surface area contributed by atoms with E-state index in [1.54, 1.807) is 0 Å². The van der Waals surface area contributed by atoms with Crippen molar-refractivity contribution in [3.8, 4) is 0 Å². The van der Waals surface area contributed by atoms with Gasteiger partial charge in [-0.2, -0.15) is 0 Å². The van der Waals surface area contributed by atoms with E-state index >= 15 is 0 Å². The molecule has 3 aliphatic heterocycles. The van der Waals surface area contributed by atoms with Crippen LogP contribution in [0, 0.1) is 24.7 Å². The zero-order valence-corrected chi connectivity index (χ0v) is 21.9. The van der Waals surface area contributed by atoms with Crippen molar-refractivity contribution in [1.82, 2.24) is 10.2 Å². The monoisotopic (exact) mass is 505 g/mol. The van der Waals surface area contributed by atoms with Crippen LogP contribution >= 0.6 is 0 Å². The van der Waals surface area contributed by atoms with Crippen molar-refractivity contribution in [2.45, 2.75) is 101 Å². The van der Waals surface area contributed by atoms with E-state index in [2.05, 4.69) is 17.6 Å². The molecule has 2 bridgehead atoms. The number of benzene rings is 1. The van der Waals surface area contributed by atoms with Crippen molar-refractivity contribution in [2.24, 2.45) is 17.8 Å². The van der Waals surface area contributed by atoms with Gasteiger partial charge in [0.15, 0.2) is 0 Å². The van der Waals surface area contributed by atoms with E-state index in [0.29, 0.717) is 11.6 Å². The Morgan fingerprint density at radius 3 is 2.54 bits per heavy atom. The molecule has 2 N–H and O–H groups in total. The lowest BCUT2D eigenvalue weighted by Gasteiger charge is -2.40. The minimum absolute atomic E-state index is 0.0114. The predicted molar refractivity (Wildman–Crippen MR) is 141 cm³/mol. The maximum Gasteiger partial charge on any atom is 0.246 e. The Balaban J connectivity index is 1.32. The number of amides is 3. The molecule has 1 aromatic rings. The van der Waals surface area contributed by atoms with Gasteiger partial charge in [-0.05, 0) is 56.2 Å². The molecule has 0 aromatic heterocycles. The van der Waals surface area contributed by atoms with Crippen LogP contribution in [0.3, 0.4) is 0 Å². The minimum atomic E-state index is -1.09. The van der Waals surface area contributed by atoms with E-state index in [1.165, 1.54) is 6.42 Å². The zero-order chi connectivity index (χ0) is 25.7. The molecule has 2 saturated carbocycles. The predicted octanol–water partition coefficient (Wildman–Crippen LogP) is 4.11. The molecule has 7 atom stereocenters. The highest BCUT2D eigenvalue weighted by Gasteiger charge is 2.73. The number of likely N-dealkylation sites (tertiary alicyclic amines) is 1. The van der Waals surface area contributed by atoms with Crippen molar-refractivity contribution in [2.75, 3.05) is 5.32 Å². The molecule has 4 fully saturated rings. The van der Waals surface area contributed by atoms with Crippen LogP contribution in [0.2, 0.25) is 0 Å². The fraction of sp³-hybridized carbons (Fsp3) is 0.633. The number of hydrogen-bond donors (Lipinski definition) is 2. The second kappa shape index (κ2) is 9.57. The number of rotatable bonds is 5. The number of ether oxygens (including phenoxy) is 1. The van der Waals surface area contributed by atoms with Crippen molar-refractivity contribution in [3.05, 3.63) is 42.0 Å². The Hall–Kier alpha value is -2.67. The number of nitrogens with one attached hydrogen (secondary N) is 2. The van der Waals surface area contributed by atoms with Crippen molar-refractivity contribution >= 4 is 23.4 Å². The second-order valence-electron chi connectivity index (χ2n) is 12.0. The van der Waals surface area contributed by atoms with Gasteiger partial charge in [0.1, 0.15) is 11.6 Å². The van der Waals surface area contributed by atoms with Gasteiger partial charge >= 0.3 is 0 Å². The van der Waals surface area contributed by atoms with E-state index in [1.807, 2.05) is 48.2 Å². The van der Waals surface area contributed by atoms with E-state index in [9.17, 15) is 14.4 Å². The molecular formula is C30H39N3O4. The number of hydrogen-bond acceptors (Lipinski definition) is 4. The molecule has 0 radical (unpaired) electrons. The van der Waals surface area contributed by atoms with E-state index < -0.39 is 29.6 Å². The summed E-state index contributed by atoms with van der Waals surface area (Å²) in [5.41, 5.74) is 0.670. The third kappa shape index (κ3) is 4.10. The molecule has 1 aromatic carbocycles. The van der Waals surface area contributed by atoms with Crippen LogP contribution in [-0.2, 0) is 19.1 Å². The van der Waals surface area contributed by atoms with Gasteiger partial charge in [-0.15, -0.1) is 0 Å². The molecule has 3 heterocycles. The Labute approximate surface area is 219 Å². The molecule has 5 aliphatic rings. The van der Waals surface area contributed by atoms with Crippen molar-refractivity contribution < 1.29 is 19.1 Å². The van der Waals surface area contributed by atoms with Gasteiger partial charge in [0.2, 0.25) is 17.7 Å². The third-order valence-corrected chi connectivity index (χ3v) is 9.56. The average molecular weight is 506 g/mol. The SMILES string of the molecule is Cc1cccc(NC(=O)[C@H]2[C@H]3C=C[C@@]4(O3)[C@H]2C(=O)N(C2CCCCC2)[C@@H]4C(=O)N[C@@H]2CCCC[C@@H]2C)c1. The number of fused-ring (bicyclic) bond motifs is 1. The Morgan fingerprint density at radius 1 is 1.03 bits per heavy atom. The summed E-state index contributed by atoms with van der Waals surface area (Å²) in [5.74, 6) is -1.37. The fourth-order valence-corrected chi connectivity index (χ4v) is 7.70. The van der Waals surface area contributed by atoms with Gasteiger partial charge in [0, 0.05) is 17.8 Å². The van der Waals surface area contributed by atoms with Crippen LogP contribution in [0.15, 0.2) is 36.4 Å². The zero-order valence-electron chi connectivity index (χ0n) is 21.9. The largest absolute Gasteiger partial charge is 0.359 e. The maximum atomic E-state index is 14.2. The third-order valence-electron chi connectivity index (χ3n) is 9.56. The first-order chi connectivity index (χ1) is 17.9. The molecule has 7 heteroatoms. The standard InChI is InChI=1S/C30H39N3O4/c1-18-9-8-11-20(17-18)31-27(34)24-23-15-16-30(37-23)25(24)29(36)33(21-12-4-3-5-13-21)26(30)28(35)32-22-14-7-6-10-19(22)2/h8-9,11,15-17,19,21-26H,3-7,10,12-14H2,1-2H3,(H,31,34)(H,32,35)/t19-,22+,23+,24-,25+,26+,30+/m0/s1. The molecule has 1 spiro atoms. The second-order valence-corrected chi connectivity index (χ2v) is 12.0. The van der Waals surface area contributed by atoms with Gasteiger partial charge in [-0.25, -0.2) is 0 Å². The smallest absolute Gasteiger partial charge is 0.246 e. The highest BCUT2D eigenvalue weighted by atomic mass is 16.5. The summed E-state index contributed by atoms with van der Waals surface area (Å²) in [5, 5.41) is 6.36. The first-order valence-corrected chi connectivity index (χ1v) is 14.3. The normalized spacial score (nSPS) is 37.0. The number of anilines is 1. The lowest BCUT2D eigenvalue weighted by Crippen LogP contribution is -2.59. The summed E-state index contributed by atoms with van der Waals surface area (Å²) in [4.78, 5) is 43.7. The summed E-state index contributed by atoms with van der Waals surface area (Å²) in [7, 11) is 0. The molecule has 37 heavy (non-hydrogen) atoms. The quantitative estimate of drug-likeness (QED) is 0.590. The maximum absolute atomic E-state index is 14.2. The molecular weight excluding hydrogens is 466 g/mol. The van der Waals surface area contributed by atoms with Crippen molar-refractivity contribution in [1.29, 1.82) is 0 Å². The number of aryl methyl sites for hydroxylation is 1. The highest BCUT2D eigenvalue weighted by molar-refractivity contribution is 6.03. The first-order valence-electron chi connectivity index (χ1n) is 14.3. The lowest BCUT2D eigenvalue weighted by molar-refractivity contribution is -0.145. The Morgan fingerprint density at radius 2 is 1.78 bits per heavy atom. The number of carbonyl (C=O) groups excluding carboxylic acids is 3. The minimum Gasteiger partial charge on any atom is -0.359 e. The highest BCUT2D eigenvalue weighted by Crippen LogP contribution is 2.56. The fourth-order valence-electron chi connectivity index (χ4n) is 7.70. The Bertz CT molecular complexity index is 1110. The summed E-state index contributed by atoms with van der Waals surface area (Å²) in [6.45, 7) is 4.18. The van der Waals surface area contributed by atoms with Crippen LogP contribution in [-0.4, -0.2) is 52.5 Å². The van der Waals surface area contributed by atoms with Crippen LogP contribution in [0.5, 0.6) is 0 Å². The van der Waals surface area contributed by atoms with Crippen LogP contribution < -0.4 is 10.6 Å². The van der Waals surface area contributed by atoms with E-state index in [0.717, 1.165) is 56.9 Å². The van der Waals surface area contributed by atoms with Gasteiger partial charge in [0.25, 0.3) is 0 Å². The van der Waals surface area contributed by atoms with Crippen LogP contribution in [0.1, 0.15) is 70.3 Å². The molecule has 3 amide bonds. The van der Waals surface area contributed by atoms with Crippen LogP contribution in [0.25, 0.3) is 0 Å². The van der Waals surface area contributed by atoms with Gasteiger partial charge in [0.05, 0.1) is 17.9 Å². The molecule has 2 aliphatic carbocycles. The summed E-state index contributed by atoms with van der Waals surface area (Å²) in [6, 6.07) is 7.05. The summed E-state index contributed by atoms with van der Waals surface area (Å²) >= 11 is 0. The lowest BCUT2D eigenvalue weighted by atomic mass is 9.74. The topological polar surface area (TPSA) is 87.7 Å². The van der Waals surface area contributed by atoms with Crippen LogP contribution in [0.4, 0.5) is 5.69 Å². The number of nitrogens with zero attached hydrogens (tertiary/aromatic N) is 1. The van der Waals surface area contributed by atoms with E-state index in [-0.39, 0.29) is 29.8 Å². The van der Waals surface area contributed by atoms with Gasteiger partial charge < -0.3 is 20.3 Å². The molecule has 198 valence electrons. The van der Waals surface area contributed by atoms with Crippen molar-refractivity contribution in [3.63, 3.8) is 0 Å². The molecule has 6 rings (SSSR count). The summed E-state index contributed by atoms with van der Waals surface area (Å²) < 4.78 is 6.53. The Kier molecular flexibility index (Phi) is 6.38. The van der Waals surface area contributed by atoms with Gasteiger partial charge in [-0.3, -0.25) is 14.4 Å². The van der Waals surface area contributed by atoms with E-state index in [4.69, 9.17) is 4.74 Å². The summed E-state index contributed by atoms with van der Waals surface area (Å²) in [6.07, 6.45) is 12.7. The molecule has 7 nitrogen and oxygen atoms in total. The molecule has 0 unspecified atom stereocenters. The first kappa shape index (κ1) is 24.7.